The van der Waals surface area contributed by atoms with Gasteiger partial charge >= 0.3 is 0 Å². The summed E-state index contributed by atoms with van der Waals surface area (Å²) >= 11 is 0. The zero-order valence-corrected chi connectivity index (χ0v) is 15.7. The average molecular weight is 366 g/mol. The van der Waals surface area contributed by atoms with E-state index in [2.05, 4.69) is 22.4 Å². The number of nitrogens with zero attached hydrogens (tertiary/aromatic N) is 3. The molecule has 0 unspecified atom stereocenters. The maximum absolute atomic E-state index is 12.5. The number of likely N-dealkylation sites (tertiary alicyclic amines) is 1. The topological polar surface area (TPSA) is 67.2 Å². The van der Waals surface area contributed by atoms with Gasteiger partial charge in [0.05, 0.1) is 6.33 Å². The molecule has 0 atom stereocenters. The Balaban J connectivity index is 1.27. The van der Waals surface area contributed by atoms with Crippen molar-refractivity contribution in [3.8, 4) is 0 Å². The molecule has 2 aliphatic rings. The van der Waals surface area contributed by atoms with Crippen LogP contribution in [0, 0.1) is 5.92 Å². The van der Waals surface area contributed by atoms with Crippen molar-refractivity contribution in [2.75, 3.05) is 13.1 Å². The number of hydrogen-bond acceptors (Lipinski definition) is 3. The molecule has 2 fully saturated rings. The molecule has 1 aliphatic carbocycles. The van der Waals surface area contributed by atoms with E-state index in [1.807, 2.05) is 24.1 Å². The van der Waals surface area contributed by atoms with E-state index in [-0.39, 0.29) is 11.8 Å². The van der Waals surface area contributed by atoms with Crippen LogP contribution in [-0.4, -0.2) is 45.4 Å². The molecular formula is C21H26N4O2. The van der Waals surface area contributed by atoms with Crippen molar-refractivity contribution in [3.05, 3.63) is 53.6 Å². The molecule has 1 saturated heterocycles. The van der Waals surface area contributed by atoms with Gasteiger partial charge in [0.15, 0.2) is 0 Å². The van der Waals surface area contributed by atoms with Crippen LogP contribution in [-0.2, 0) is 13.5 Å². The number of benzene rings is 1. The summed E-state index contributed by atoms with van der Waals surface area (Å²) in [5.41, 5.74) is 2.52. The first-order valence-electron chi connectivity index (χ1n) is 9.75. The quantitative estimate of drug-likeness (QED) is 0.884. The smallest absolute Gasteiger partial charge is 0.274 e. The van der Waals surface area contributed by atoms with Crippen LogP contribution in [0.1, 0.15) is 52.1 Å². The lowest BCUT2D eigenvalue weighted by Gasteiger charge is -2.31. The van der Waals surface area contributed by atoms with Crippen LogP contribution < -0.4 is 5.32 Å². The van der Waals surface area contributed by atoms with E-state index < -0.39 is 0 Å². The van der Waals surface area contributed by atoms with Gasteiger partial charge in [0, 0.05) is 37.9 Å². The maximum atomic E-state index is 12.5. The molecule has 0 bridgehead atoms. The zero-order valence-electron chi connectivity index (χ0n) is 15.7. The summed E-state index contributed by atoms with van der Waals surface area (Å²) in [6.07, 6.45) is 8.64. The summed E-state index contributed by atoms with van der Waals surface area (Å²) in [6.45, 7) is 1.56. The van der Waals surface area contributed by atoms with Gasteiger partial charge < -0.3 is 14.8 Å². The molecule has 4 rings (SSSR count). The molecule has 2 aromatic rings. The first-order valence-corrected chi connectivity index (χ1v) is 9.75. The standard InChI is InChI=1S/C21H26N4O2/c1-24-13-19(22-14-24)21(27)25-10-8-16(9-11-25)12-15-2-4-17(5-3-15)20(26)23-18-6-7-18/h2-5,13-14,16,18H,6-12H2,1H3,(H,23,26). The van der Waals surface area contributed by atoms with Gasteiger partial charge in [0.25, 0.3) is 11.8 Å². The SMILES string of the molecule is Cn1cnc(C(=O)N2CCC(Cc3ccc(C(=O)NC4CC4)cc3)CC2)c1. The molecule has 0 spiro atoms. The lowest BCUT2D eigenvalue weighted by atomic mass is 9.90. The largest absolute Gasteiger partial charge is 0.349 e. The Labute approximate surface area is 159 Å². The summed E-state index contributed by atoms with van der Waals surface area (Å²) in [4.78, 5) is 30.6. The Morgan fingerprint density at radius 3 is 2.41 bits per heavy atom. The number of rotatable bonds is 5. The number of carbonyl (C=O) groups is 2. The molecule has 27 heavy (non-hydrogen) atoms. The molecule has 6 nitrogen and oxygen atoms in total. The molecule has 0 radical (unpaired) electrons. The third-order valence-electron chi connectivity index (χ3n) is 5.48. The van der Waals surface area contributed by atoms with Gasteiger partial charge in [-0.3, -0.25) is 9.59 Å². The van der Waals surface area contributed by atoms with Crippen molar-refractivity contribution in [1.29, 1.82) is 0 Å². The zero-order chi connectivity index (χ0) is 18.8. The first kappa shape index (κ1) is 17.8. The number of amides is 2. The molecule has 6 heteroatoms. The number of hydrogen-bond donors (Lipinski definition) is 1. The van der Waals surface area contributed by atoms with Crippen molar-refractivity contribution < 1.29 is 9.59 Å². The summed E-state index contributed by atoms with van der Waals surface area (Å²) in [5.74, 6) is 0.634. The van der Waals surface area contributed by atoms with Crippen LogP contribution in [0.4, 0.5) is 0 Å². The summed E-state index contributed by atoms with van der Waals surface area (Å²) in [7, 11) is 1.87. The lowest BCUT2D eigenvalue weighted by molar-refractivity contribution is 0.0685. The van der Waals surface area contributed by atoms with E-state index in [9.17, 15) is 9.59 Å². The first-order chi connectivity index (χ1) is 13.1. The minimum atomic E-state index is 0.0279. The Kier molecular flexibility index (Phi) is 4.97. The van der Waals surface area contributed by atoms with Crippen molar-refractivity contribution in [2.24, 2.45) is 13.0 Å². The number of imidazole rings is 1. The van der Waals surface area contributed by atoms with Crippen LogP contribution >= 0.6 is 0 Å². The van der Waals surface area contributed by atoms with Gasteiger partial charge in [0.1, 0.15) is 5.69 Å². The van der Waals surface area contributed by atoms with Crippen molar-refractivity contribution in [2.45, 2.75) is 38.1 Å². The second-order valence-electron chi connectivity index (χ2n) is 7.81. The Bertz CT molecular complexity index is 815. The molecule has 1 aromatic heterocycles. The Hall–Kier alpha value is -2.63. The minimum absolute atomic E-state index is 0.0279. The second kappa shape index (κ2) is 7.55. The minimum Gasteiger partial charge on any atom is -0.349 e. The van der Waals surface area contributed by atoms with Crippen LogP contribution in [0.5, 0.6) is 0 Å². The Morgan fingerprint density at radius 1 is 1.11 bits per heavy atom. The molecule has 2 amide bonds. The molecule has 1 saturated carbocycles. The number of aromatic nitrogens is 2. The summed E-state index contributed by atoms with van der Waals surface area (Å²) in [6, 6.07) is 8.36. The number of aryl methyl sites for hydroxylation is 1. The van der Waals surface area contributed by atoms with Crippen LogP contribution in [0.2, 0.25) is 0 Å². The molecular weight excluding hydrogens is 340 g/mol. The summed E-state index contributed by atoms with van der Waals surface area (Å²) in [5, 5.41) is 3.02. The molecule has 1 aromatic carbocycles. The molecule has 142 valence electrons. The molecule has 1 aliphatic heterocycles. The fraction of sp³-hybridized carbons (Fsp3) is 0.476. The van der Waals surface area contributed by atoms with Gasteiger partial charge in [-0.15, -0.1) is 0 Å². The van der Waals surface area contributed by atoms with Gasteiger partial charge in [-0.05, 0) is 55.7 Å². The molecule has 1 N–H and O–H groups in total. The van der Waals surface area contributed by atoms with E-state index in [0.29, 0.717) is 17.7 Å². The third-order valence-corrected chi connectivity index (χ3v) is 5.48. The highest BCUT2D eigenvalue weighted by Crippen LogP contribution is 2.23. The van der Waals surface area contributed by atoms with Gasteiger partial charge in [-0.2, -0.15) is 0 Å². The highest BCUT2D eigenvalue weighted by Gasteiger charge is 2.25. The van der Waals surface area contributed by atoms with E-state index >= 15 is 0 Å². The van der Waals surface area contributed by atoms with Crippen molar-refractivity contribution in [3.63, 3.8) is 0 Å². The normalized spacial score (nSPS) is 17.7. The summed E-state index contributed by atoms with van der Waals surface area (Å²) < 4.78 is 1.80. The Morgan fingerprint density at radius 2 is 1.81 bits per heavy atom. The predicted molar refractivity (Wildman–Crippen MR) is 102 cm³/mol. The number of carbonyl (C=O) groups excluding carboxylic acids is 2. The van der Waals surface area contributed by atoms with Crippen LogP contribution in [0.15, 0.2) is 36.8 Å². The van der Waals surface area contributed by atoms with E-state index in [1.54, 1.807) is 17.1 Å². The van der Waals surface area contributed by atoms with Gasteiger partial charge in [0.2, 0.25) is 0 Å². The van der Waals surface area contributed by atoms with Crippen LogP contribution in [0.3, 0.4) is 0 Å². The van der Waals surface area contributed by atoms with E-state index in [1.165, 1.54) is 5.56 Å². The highest BCUT2D eigenvalue weighted by molar-refractivity contribution is 5.94. The van der Waals surface area contributed by atoms with E-state index in [0.717, 1.165) is 50.8 Å². The fourth-order valence-electron chi connectivity index (χ4n) is 3.65. The predicted octanol–water partition coefficient (Wildman–Crippen LogP) is 2.41. The van der Waals surface area contributed by atoms with Gasteiger partial charge in [-0.1, -0.05) is 12.1 Å². The monoisotopic (exact) mass is 366 g/mol. The third kappa shape index (κ3) is 4.38. The van der Waals surface area contributed by atoms with Crippen molar-refractivity contribution >= 4 is 11.8 Å². The average Bonchev–Trinajstić information content (AvgIpc) is 3.39. The fourth-order valence-corrected chi connectivity index (χ4v) is 3.65. The van der Waals surface area contributed by atoms with Crippen LogP contribution in [0.25, 0.3) is 0 Å². The molecule has 2 heterocycles. The van der Waals surface area contributed by atoms with Gasteiger partial charge in [-0.25, -0.2) is 4.98 Å². The lowest BCUT2D eigenvalue weighted by Crippen LogP contribution is -2.39. The number of piperidine rings is 1. The van der Waals surface area contributed by atoms with Crippen molar-refractivity contribution in [1.82, 2.24) is 19.8 Å². The number of nitrogens with one attached hydrogen (secondary N) is 1. The van der Waals surface area contributed by atoms with E-state index in [4.69, 9.17) is 0 Å². The maximum Gasteiger partial charge on any atom is 0.274 e. The highest BCUT2D eigenvalue weighted by atomic mass is 16.2. The second-order valence-corrected chi connectivity index (χ2v) is 7.81.